The van der Waals surface area contributed by atoms with Gasteiger partial charge in [-0.15, -0.1) is 0 Å². The molecule has 1 aromatic rings. The number of methoxy groups -OCH3 is 1. The summed E-state index contributed by atoms with van der Waals surface area (Å²) in [5.74, 6) is 1.95. The summed E-state index contributed by atoms with van der Waals surface area (Å²) in [4.78, 5) is 4.61. The molecule has 0 spiro atoms. The Morgan fingerprint density at radius 1 is 1.30 bits per heavy atom. The number of hydrogen-bond acceptors (Lipinski definition) is 5. The van der Waals surface area contributed by atoms with Crippen LogP contribution in [0.4, 0.5) is 0 Å². The summed E-state index contributed by atoms with van der Waals surface area (Å²) in [5.41, 5.74) is -0.481. The van der Waals surface area contributed by atoms with E-state index in [-0.39, 0.29) is 5.92 Å². The van der Waals surface area contributed by atoms with E-state index in [1.807, 2.05) is 6.92 Å². The predicted octanol–water partition coefficient (Wildman–Crippen LogP) is 3.08. The smallest absolute Gasteiger partial charge is 0.231 e. The zero-order valence-corrected chi connectivity index (χ0v) is 13.9. The highest BCUT2D eigenvalue weighted by atomic mass is 16.5. The molecule has 1 rings (SSSR count). The van der Waals surface area contributed by atoms with Gasteiger partial charge >= 0.3 is 0 Å². The van der Waals surface area contributed by atoms with E-state index in [9.17, 15) is 0 Å². The largest absolute Gasteiger partial charge is 0.370 e. The van der Waals surface area contributed by atoms with Crippen LogP contribution in [0.1, 0.15) is 65.6 Å². The molecule has 0 saturated carbocycles. The van der Waals surface area contributed by atoms with E-state index in [2.05, 4.69) is 50.1 Å². The molecule has 3 atom stereocenters. The molecule has 20 heavy (non-hydrogen) atoms. The summed E-state index contributed by atoms with van der Waals surface area (Å²) < 4.78 is 11.1. The van der Waals surface area contributed by atoms with Crippen LogP contribution in [0.3, 0.4) is 0 Å². The summed E-state index contributed by atoms with van der Waals surface area (Å²) in [7, 11) is 1.68. The van der Waals surface area contributed by atoms with Crippen LogP contribution in [0, 0.1) is 5.92 Å². The minimum atomic E-state index is -0.481. The second kappa shape index (κ2) is 7.18. The Hall–Kier alpha value is -0.940. The Kier molecular flexibility index (Phi) is 6.14. The molecule has 3 unspecified atom stereocenters. The highest BCUT2D eigenvalue weighted by Crippen LogP contribution is 2.30. The van der Waals surface area contributed by atoms with E-state index in [1.54, 1.807) is 7.11 Å². The van der Waals surface area contributed by atoms with Crippen LogP contribution in [0.15, 0.2) is 4.52 Å². The average molecular weight is 283 g/mol. The molecular weight excluding hydrogens is 254 g/mol. The van der Waals surface area contributed by atoms with Crippen molar-refractivity contribution in [1.82, 2.24) is 15.5 Å². The van der Waals surface area contributed by atoms with Crippen molar-refractivity contribution < 1.29 is 9.26 Å². The third-order valence-electron chi connectivity index (χ3n) is 4.11. The van der Waals surface area contributed by atoms with Crippen molar-refractivity contribution in [2.45, 2.75) is 65.5 Å². The SMILES string of the molecule is CCNC(C)C(c1nc(C(C)(CC)OC)no1)C(C)C. The summed E-state index contributed by atoms with van der Waals surface area (Å²) in [5, 5.41) is 7.58. The lowest BCUT2D eigenvalue weighted by molar-refractivity contribution is -0.0106. The molecule has 116 valence electrons. The van der Waals surface area contributed by atoms with Crippen molar-refractivity contribution in [2.75, 3.05) is 13.7 Å². The molecule has 0 bridgehead atoms. The van der Waals surface area contributed by atoms with Crippen LogP contribution in [-0.2, 0) is 10.3 Å². The number of ether oxygens (including phenoxy) is 1. The normalized spacial score (nSPS) is 18.0. The molecule has 0 saturated heterocycles. The third-order valence-corrected chi connectivity index (χ3v) is 4.11. The number of nitrogens with zero attached hydrogens (tertiary/aromatic N) is 2. The predicted molar refractivity (Wildman–Crippen MR) is 79.7 cm³/mol. The van der Waals surface area contributed by atoms with Gasteiger partial charge in [-0.1, -0.05) is 32.9 Å². The Balaban J connectivity index is 3.03. The highest BCUT2D eigenvalue weighted by molar-refractivity contribution is 5.04. The summed E-state index contributed by atoms with van der Waals surface area (Å²) in [6.45, 7) is 13.6. The van der Waals surface area contributed by atoms with Gasteiger partial charge in [0.2, 0.25) is 11.7 Å². The number of nitrogens with one attached hydrogen (secondary N) is 1. The minimum absolute atomic E-state index is 0.203. The van der Waals surface area contributed by atoms with Crippen LogP contribution in [0.5, 0.6) is 0 Å². The molecule has 0 aliphatic carbocycles. The number of rotatable bonds is 8. The lowest BCUT2D eigenvalue weighted by Gasteiger charge is -2.25. The molecule has 1 N–H and O–H groups in total. The maximum absolute atomic E-state index is 5.53. The van der Waals surface area contributed by atoms with Gasteiger partial charge in [-0.2, -0.15) is 4.98 Å². The first-order valence-electron chi connectivity index (χ1n) is 7.52. The summed E-state index contributed by atoms with van der Waals surface area (Å²) in [6, 6.07) is 0.295. The summed E-state index contributed by atoms with van der Waals surface area (Å²) >= 11 is 0. The number of aromatic nitrogens is 2. The molecule has 5 nitrogen and oxygen atoms in total. The van der Waals surface area contributed by atoms with Gasteiger partial charge in [0.1, 0.15) is 5.60 Å². The van der Waals surface area contributed by atoms with Gasteiger partial charge in [0, 0.05) is 13.2 Å². The van der Waals surface area contributed by atoms with E-state index in [0.29, 0.717) is 23.7 Å². The lowest BCUT2D eigenvalue weighted by Crippen LogP contribution is -2.35. The fourth-order valence-corrected chi connectivity index (χ4v) is 2.50. The van der Waals surface area contributed by atoms with Gasteiger partial charge in [0.05, 0.1) is 5.92 Å². The summed E-state index contributed by atoms with van der Waals surface area (Å²) in [6.07, 6.45) is 0.803. The van der Waals surface area contributed by atoms with E-state index in [4.69, 9.17) is 9.26 Å². The molecule has 0 aromatic carbocycles. The second-order valence-electron chi connectivity index (χ2n) is 5.86. The Labute approximate surface area is 122 Å². The second-order valence-corrected chi connectivity index (χ2v) is 5.86. The Bertz CT molecular complexity index is 400. The molecule has 1 heterocycles. The van der Waals surface area contributed by atoms with E-state index >= 15 is 0 Å². The van der Waals surface area contributed by atoms with E-state index in [0.717, 1.165) is 13.0 Å². The van der Waals surface area contributed by atoms with Gasteiger partial charge in [-0.25, -0.2) is 0 Å². The quantitative estimate of drug-likeness (QED) is 0.794. The van der Waals surface area contributed by atoms with Crippen molar-refractivity contribution in [3.8, 4) is 0 Å². The third kappa shape index (κ3) is 3.58. The standard InChI is InChI=1S/C15H29N3O2/c1-8-15(6,19-7)14-17-13(20-18-14)12(10(3)4)11(5)16-9-2/h10-12,16H,8-9H2,1-7H3. The van der Waals surface area contributed by atoms with Gasteiger partial charge < -0.3 is 14.6 Å². The molecule has 1 aromatic heterocycles. The van der Waals surface area contributed by atoms with Gasteiger partial charge in [0.15, 0.2) is 0 Å². The maximum atomic E-state index is 5.53. The number of hydrogen-bond donors (Lipinski definition) is 1. The van der Waals surface area contributed by atoms with Crippen LogP contribution < -0.4 is 5.32 Å². The molecule has 0 fully saturated rings. The van der Waals surface area contributed by atoms with Crippen molar-refractivity contribution >= 4 is 0 Å². The molecule has 0 aliphatic rings. The maximum Gasteiger partial charge on any atom is 0.231 e. The van der Waals surface area contributed by atoms with E-state index in [1.165, 1.54) is 0 Å². The van der Waals surface area contributed by atoms with E-state index < -0.39 is 5.60 Å². The van der Waals surface area contributed by atoms with Crippen molar-refractivity contribution in [3.05, 3.63) is 11.7 Å². The van der Waals surface area contributed by atoms with Crippen molar-refractivity contribution in [1.29, 1.82) is 0 Å². The Morgan fingerprint density at radius 2 is 1.95 bits per heavy atom. The van der Waals surface area contributed by atoms with Gasteiger partial charge in [-0.05, 0) is 32.7 Å². The van der Waals surface area contributed by atoms with Gasteiger partial charge in [0.25, 0.3) is 0 Å². The molecule has 0 radical (unpaired) electrons. The Morgan fingerprint density at radius 3 is 2.40 bits per heavy atom. The fraction of sp³-hybridized carbons (Fsp3) is 0.867. The zero-order valence-electron chi connectivity index (χ0n) is 13.9. The monoisotopic (exact) mass is 283 g/mol. The molecular formula is C15H29N3O2. The highest BCUT2D eigenvalue weighted by Gasteiger charge is 2.33. The average Bonchev–Trinajstić information content (AvgIpc) is 2.87. The van der Waals surface area contributed by atoms with Crippen LogP contribution in [0.2, 0.25) is 0 Å². The molecule has 0 aliphatic heterocycles. The number of likely N-dealkylation sites (N-methyl/N-ethyl adjacent to an activating group) is 1. The first-order chi connectivity index (χ1) is 9.39. The van der Waals surface area contributed by atoms with Crippen molar-refractivity contribution in [3.63, 3.8) is 0 Å². The first kappa shape index (κ1) is 17.1. The minimum Gasteiger partial charge on any atom is -0.370 e. The molecule has 0 amide bonds. The first-order valence-corrected chi connectivity index (χ1v) is 7.52. The van der Waals surface area contributed by atoms with Gasteiger partial charge in [-0.3, -0.25) is 0 Å². The lowest BCUT2D eigenvalue weighted by atomic mass is 9.89. The van der Waals surface area contributed by atoms with Crippen LogP contribution in [0.25, 0.3) is 0 Å². The van der Waals surface area contributed by atoms with Crippen LogP contribution >= 0.6 is 0 Å². The molecule has 5 heteroatoms. The topological polar surface area (TPSA) is 60.2 Å². The van der Waals surface area contributed by atoms with Crippen molar-refractivity contribution in [2.24, 2.45) is 5.92 Å². The zero-order chi connectivity index (χ0) is 15.3. The fourth-order valence-electron chi connectivity index (χ4n) is 2.50. The van der Waals surface area contributed by atoms with Crippen LogP contribution in [-0.4, -0.2) is 29.8 Å².